The molecule has 12 heavy (non-hydrogen) atoms. The summed E-state index contributed by atoms with van der Waals surface area (Å²) in [6.07, 6.45) is -2.32. The van der Waals surface area contributed by atoms with Crippen LogP contribution in [0.25, 0.3) is 0 Å². The van der Waals surface area contributed by atoms with Crippen LogP contribution in [0.2, 0.25) is 0 Å². The SMILES string of the molecule is COC1C(Cl)CC1OCC(F)F. The third kappa shape index (κ3) is 2.28. The van der Waals surface area contributed by atoms with E-state index in [0.717, 1.165) is 0 Å². The van der Waals surface area contributed by atoms with Gasteiger partial charge in [-0.05, 0) is 6.42 Å². The normalized spacial score (nSPS) is 35.2. The monoisotopic (exact) mass is 200 g/mol. The Bertz CT molecular complexity index is 145. The van der Waals surface area contributed by atoms with Crippen molar-refractivity contribution < 1.29 is 18.3 Å². The summed E-state index contributed by atoms with van der Waals surface area (Å²) < 4.78 is 33.2. The minimum Gasteiger partial charge on any atom is -0.377 e. The topological polar surface area (TPSA) is 18.5 Å². The van der Waals surface area contributed by atoms with Gasteiger partial charge in [0.15, 0.2) is 0 Å². The maximum atomic E-state index is 11.7. The van der Waals surface area contributed by atoms with E-state index in [-0.39, 0.29) is 17.6 Å². The van der Waals surface area contributed by atoms with Crippen LogP contribution in [0.1, 0.15) is 6.42 Å². The lowest BCUT2D eigenvalue weighted by Gasteiger charge is -2.39. The number of hydrogen-bond donors (Lipinski definition) is 0. The zero-order valence-corrected chi connectivity index (χ0v) is 7.43. The first-order valence-corrected chi connectivity index (χ1v) is 4.15. The van der Waals surface area contributed by atoms with Crippen molar-refractivity contribution in [2.75, 3.05) is 13.7 Å². The van der Waals surface area contributed by atoms with E-state index in [1.165, 1.54) is 7.11 Å². The average Bonchev–Trinajstić information content (AvgIpc) is 1.97. The molecule has 72 valence electrons. The van der Waals surface area contributed by atoms with Crippen LogP contribution in [-0.2, 0) is 9.47 Å². The molecular weight excluding hydrogens is 190 g/mol. The molecule has 5 heteroatoms. The van der Waals surface area contributed by atoms with Crippen LogP contribution in [0.5, 0.6) is 0 Å². The van der Waals surface area contributed by atoms with Gasteiger partial charge in [-0.3, -0.25) is 0 Å². The first kappa shape index (κ1) is 10.2. The van der Waals surface area contributed by atoms with E-state index in [1.807, 2.05) is 0 Å². The molecule has 0 aromatic carbocycles. The molecule has 0 amide bonds. The molecule has 0 aromatic heterocycles. The third-order valence-electron chi connectivity index (χ3n) is 1.89. The Morgan fingerprint density at radius 3 is 2.67 bits per heavy atom. The van der Waals surface area contributed by atoms with E-state index in [2.05, 4.69) is 0 Å². The molecule has 1 fully saturated rings. The van der Waals surface area contributed by atoms with Gasteiger partial charge in [-0.1, -0.05) is 0 Å². The van der Waals surface area contributed by atoms with Crippen molar-refractivity contribution in [3.05, 3.63) is 0 Å². The van der Waals surface area contributed by atoms with Gasteiger partial charge in [0, 0.05) is 7.11 Å². The van der Waals surface area contributed by atoms with Gasteiger partial charge < -0.3 is 9.47 Å². The first-order chi connectivity index (χ1) is 5.65. The molecule has 0 N–H and O–H groups in total. The fourth-order valence-electron chi connectivity index (χ4n) is 1.19. The maximum Gasteiger partial charge on any atom is 0.261 e. The largest absolute Gasteiger partial charge is 0.377 e. The molecule has 3 atom stereocenters. The number of methoxy groups -OCH3 is 1. The van der Waals surface area contributed by atoms with Crippen molar-refractivity contribution >= 4 is 11.6 Å². The Labute approximate surface area is 74.8 Å². The van der Waals surface area contributed by atoms with Crippen molar-refractivity contribution in [2.45, 2.75) is 30.4 Å². The van der Waals surface area contributed by atoms with E-state index in [1.54, 1.807) is 0 Å². The number of halogens is 3. The summed E-state index contributed by atoms with van der Waals surface area (Å²) in [5.41, 5.74) is 0. The fourth-order valence-corrected chi connectivity index (χ4v) is 1.63. The summed E-state index contributed by atoms with van der Waals surface area (Å²) in [5.74, 6) is 0. The molecular formula is C7H11ClF2O2. The summed E-state index contributed by atoms with van der Waals surface area (Å²) in [6, 6.07) is 0. The summed E-state index contributed by atoms with van der Waals surface area (Å²) >= 11 is 5.73. The molecule has 1 saturated carbocycles. The van der Waals surface area contributed by atoms with E-state index < -0.39 is 13.0 Å². The molecule has 0 saturated heterocycles. The Kier molecular flexibility index (Phi) is 3.68. The van der Waals surface area contributed by atoms with E-state index in [0.29, 0.717) is 6.42 Å². The second kappa shape index (κ2) is 4.35. The van der Waals surface area contributed by atoms with E-state index in [4.69, 9.17) is 21.1 Å². The van der Waals surface area contributed by atoms with Gasteiger partial charge in [-0.2, -0.15) is 0 Å². The number of alkyl halides is 3. The molecule has 1 aliphatic carbocycles. The molecule has 0 aliphatic heterocycles. The molecule has 3 unspecified atom stereocenters. The van der Waals surface area contributed by atoms with Crippen molar-refractivity contribution in [1.82, 2.24) is 0 Å². The predicted octanol–water partition coefficient (Wildman–Crippen LogP) is 1.66. The van der Waals surface area contributed by atoms with Crippen molar-refractivity contribution in [3.63, 3.8) is 0 Å². The summed E-state index contributed by atoms with van der Waals surface area (Å²) in [6.45, 7) is -0.534. The van der Waals surface area contributed by atoms with Gasteiger partial charge in [0.2, 0.25) is 0 Å². The van der Waals surface area contributed by atoms with Gasteiger partial charge in [0.1, 0.15) is 6.61 Å². The molecule has 2 nitrogen and oxygen atoms in total. The molecule has 0 heterocycles. The molecule has 0 aromatic rings. The number of ether oxygens (including phenoxy) is 2. The van der Waals surface area contributed by atoms with E-state index in [9.17, 15) is 8.78 Å². The Morgan fingerprint density at radius 2 is 2.25 bits per heavy atom. The standard InChI is InChI=1S/C7H11ClF2O2/c1-11-7-4(8)2-5(7)12-3-6(9)10/h4-7H,2-3H2,1H3. The van der Waals surface area contributed by atoms with Crippen LogP contribution in [0, 0.1) is 0 Å². The summed E-state index contributed by atoms with van der Waals surface area (Å²) in [7, 11) is 1.50. The highest BCUT2D eigenvalue weighted by atomic mass is 35.5. The second-order valence-electron chi connectivity index (χ2n) is 2.71. The van der Waals surface area contributed by atoms with Crippen LogP contribution >= 0.6 is 11.6 Å². The van der Waals surface area contributed by atoms with Gasteiger partial charge in [0.05, 0.1) is 17.6 Å². The van der Waals surface area contributed by atoms with Gasteiger partial charge in [0.25, 0.3) is 6.43 Å². The average molecular weight is 201 g/mol. The molecule has 0 spiro atoms. The van der Waals surface area contributed by atoms with Crippen LogP contribution < -0.4 is 0 Å². The maximum absolute atomic E-state index is 11.7. The van der Waals surface area contributed by atoms with Crippen molar-refractivity contribution in [3.8, 4) is 0 Å². The quantitative estimate of drug-likeness (QED) is 0.643. The van der Waals surface area contributed by atoms with Crippen LogP contribution in [0.15, 0.2) is 0 Å². The highest BCUT2D eigenvalue weighted by Crippen LogP contribution is 2.31. The van der Waals surface area contributed by atoms with Gasteiger partial charge in [-0.25, -0.2) is 8.78 Å². The molecule has 1 aliphatic rings. The molecule has 0 bridgehead atoms. The summed E-state index contributed by atoms with van der Waals surface area (Å²) in [5, 5.41) is -0.0994. The first-order valence-electron chi connectivity index (χ1n) is 3.71. The fraction of sp³-hybridized carbons (Fsp3) is 1.00. The van der Waals surface area contributed by atoms with Crippen LogP contribution in [0.4, 0.5) is 8.78 Å². The Balaban J connectivity index is 2.17. The van der Waals surface area contributed by atoms with Crippen LogP contribution in [0.3, 0.4) is 0 Å². The van der Waals surface area contributed by atoms with Crippen molar-refractivity contribution in [1.29, 1.82) is 0 Å². The predicted molar refractivity (Wildman–Crippen MR) is 40.8 cm³/mol. The molecule has 0 radical (unpaired) electrons. The summed E-state index contributed by atoms with van der Waals surface area (Å²) in [4.78, 5) is 0. The Hall–Kier alpha value is 0.0700. The minimum atomic E-state index is -2.42. The lowest BCUT2D eigenvalue weighted by atomic mass is 9.91. The van der Waals surface area contributed by atoms with E-state index >= 15 is 0 Å². The number of hydrogen-bond acceptors (Lipinski definition) is 2. The third-order valence-corrected chi connectivity index (χ3v) is 2.32. The van der Waals surface area contributed by atoms with Crippen molar-refractivity contribution in [2.24, 2.45) is 0 Å². The van der Waals surface area contributed by atoms with Gasteiger partial charge >= 0.3 is 0 Å². The Morgan fingerprint density at radius 1 is 1.58 bits per heavy atom. The van der Waals surface area contributed by atoms with Crippen LogP contribution in [-0.4, -0.2) is 37.7 Å². The zero-order chi connectivity index (χ0) is 9.14. The lowest BCUT2D eigenvalue weighted by molar-refractivity contribution is -0.130. The lowest BCUT2D eigenvalue weighted by Crippen LogP contribution is -2.50. The molecule has 1 rings (SSSR count). The minimum absolute atomic E-state index is 0.0994. The highest BCUT2D eigenvalue weighted by molar-refractivity contribution is 6.21. The van der Waals surface area contributed by atoms with Gasteiger partial charge in [-0.15, -0.1) is 11.6 Å². The highest BCUT2D eigenvalue weighted by Gasteiger charge is 2.41. The number of rotatable bonds is 4. The zero-order valence-electron chi connectivity index (χ0n) is 6.67. The second-order valence-corrected chi connectivity index (χ2v) is 3.28. The smallest absolute Gasteiger partial charge is 0.261 e.